The van der Waals surface area contributed by atoms with Crippen molar-refractivity contribution >= 4 is 10.9 Å². The average Bonchev–Trinajstić information content (AvgIpc) is 2.45. The van der Waals surface area contributed by atoms with Gasteiger partial charge in [0.05, 0.1) is 23.9 Å². The van der Waals surface area contributed by atoms with Crippen molar-refractivity contribution in [2.45, 2.75) is 44.4 Å². The first-order valence-electron chi connectivity index (χ1n) is 7.03. The number of nitrogens with zero attached hydrogens (tertiary/aromatic N) is 1. The summed E-state index contributed by atoms with van der Waals surface area (Å²) in [7, 11) is 0. The summed E-state index contributed by atoms with van der Waals surface area (Å²) >= 11 is 0. The van der Waals surface area contributed by atoms with Gasteiger partial charge in [-0.3, -0.25) is 4.98 Å². The van der Waals surface area contributed by atoms with E-state index in [1.165, 1.54) is 11.8 Å². The van der Waals surface area contributed by atoms with E-state index >= 15 is 0 Å². The second-order valence-corrected chi connectivity index (χ2v) is 5.35. The fourth-order valence-electron chi connectivity index (χ4n) is 2.72. The third-order valence-corrected chi connectivity index (χ3v) is 3.79. The molecule has 100 valence electrons. The summed E-state index contributed by atoms with van der Waals surface area (Å²) in [6.45, 7) is 0.586. The number of fused-ring (bicyclic) bond motifs is 1. The second kappa shape index (κ2) is 5.68. The van der Waals surface area contributed by atoms with Crippen LogP contribution in [-0.4, -0.2) is 17.1 Å². The molecule has 1 aliphatic rings. The molecule has 19 heavy (non-hydrogen) atoms. The van der Waals surface area contributed by atoms with Crippen LogP contribution in [0.1, 0.15) is 31.4 Å². The van der Waals surface area contributed by atoms with Crippen LogP contribution in [0.5, 0.6) is 0 Å². The summed E-state index contributed by atoms with van der Waals surface area (Å²) in [6.07, 6.45) is 4.72. The molecule has 1 aromatic carbocycles. The minimum absolute atomic E-state index is 0.303. The van der Waals surface area contributed by atoms with Crippen LogP contribution in [0.15, 0.2) is 36.4 Å². The normalized spacial score (nSPS) is 23.6. The van der Waals surface area contributed by atoms with E-state index in [0.717, 1.165) is 30.5 Å². The van der Waals surface area contributed by atoms with Crippen LogP contribution in [0.2, 0.25) is 0 Å². The van der Waals surface area contributed by atoms with Gasteiger partial charge in [0.25, 0.3) is 0 Å². The van der Waals surface area contributed by atoms with Gasteiger partial charge >= 0.3 is 0 Å². The minimum Gasteiger partial charge on any atom is -0.372 e. The summed E-state index contributed by atoms with van der Waals surface area (Å²) < 4.78 is 5.95. The molecule has 1 saturated carbocycles. The van der Waals surface area contributed by atoms with Crippen LogP contribution in [0.4, 0.5) is 0 Å². The Balaban J connectivity index is 1.64. The third-order valence-electron chi connectivity index (χ3n) is 3.79. The van der Waals surface area contributed by atoms with Gasteiger partial charge in [0.1, 0.15) is 0 Å². The molecule has 3 nitrogen and oxygen atoms in total. The van der Waals surface area contributed by atoms with Gasteiger partial charge in [-0.05, 0) is 37.8 Å². The summed E-state index contributed by atoms with van der Waals surface area (Å²) in [4.78, 5) is 4.62. The van der Waals surface area contributed by atoms with Gasteiger partial charge in [-0.1, -0.05) is 24.3 Å². The highest BCUT2D eigenvalue weighted by Gasteiger charge is 2.19. The Morgan fingerprint density at radius 1 is 1.16 bits per heavy atom. The van der Waals surface area contributed by atoms with E-state index in [4.69, 9.17) is 10.5 Å². The second-order valence-electron chi connectivity index (χ2n) is 5.35. The predicted molar refractivity (Wildman–Crippen MR) is 76.8 cm³/mol. The third kappa shape index (κ3) is 3.11. The highest BCUT2D eigenvalue weighted by atomic mass is 16.5. The molecular weight excluding hydrogens is 236 g/mol. The zero-order valence-electron chi connectivity index (χ0n) is 11.1. The number of hydrogen-bond acceptors (Lipinski definition) is 3. The predicted octanol–water partition coefficient (Wildman–Crippen LogP) is 3.02. The molecule has 2 aromatic rings. The summed E-state index contributed by atoms with van der Waals surface area (Å²) in [5.41, 5.74) is 8.00. The summed E-state index contributed by atoms with van der Waals surface area (Å²) in [6, 6.07) is 12.6. The quantitative estimate of drug-likeness (QED) is 0.918. The number of aromatic nitrogens is 1. The van der Waals surface area contributed by atoms with Crippen molar-refractivity contribution in [3.05, 3.63) is 42.1 Å². The fraction of sp³-hybridized carbons (Fsp3) is 0.438. The van der Waals surface area contributed by atoms with E-state index in [2.05, 4.69) is 17.1 Å². The molecule has 0 bridgehead atoms. The molecule has 1 heterocycles. The van der Waals surface area contributed by atoms with Gasteiger partial charge in [0.2, 0.25) is 0 Å². The highest BCUT2D eigenvalue weighted by Crippen LogP contribution is 2.21. The molecule has 0 radical (unpaired) electrons. The molecule has 2 unspecified atom stereocenters. The fourth-order valence-corrected chi connectivity index (χ4v) is 2.72. The van der Waals surface area contributed by atoms with Crippen molar-refractivity contribution in [1.82, 2.24) is 4.98 Å². The van der Waals surface area contributed by atoms with Crippen molar-refractivity contribution < 1.29 is 4.74 Å². The molecule has 3 rings (SSSR count). The maximum Gasteiger partial charge on any atom is 0.0891 e. The van der Waals surface area contributed by atoms with Crippen LogP contribution < -0.4 is 5.73 Å². The van der Waals surface area contributed by atoms with Gasteiger partial charge in [0.15, 0.2) is 0 Å². The van der Waals surface area contributed by atoms with Gasteiger partial charge in [-0.25, -0.2) is 0 Å². The number of nitrogens with two attached hydrogens (primary N) is 1. The smallest absolute Gasteiger partial charge is 0.0891 e. The standard InChI is InChI=1S/C16H20N2O/c17-13-5-3-6-15(10-13)19-11-14-9-8-12-4-1-2-7-16(12)18-14/h1-2,4,7-9,13,15H,3,5-6,10-11,17H2. The lowest BCUT2D eigenvalue weighted by molar-refractivity contribution is 0.0108. The Labute approximate surface area is 113 Å². The van der Waals surface area contributed by atoms with Crippen LogP contribution in [0.25, 0.3) is 10.9 Å². The van der Waals surface area contributed by atoms with E-state index in [9.17, 15) is 0 Å². The Morgan fingerprint density at radius 2 is 2.05 bits per heavy atom. The molecule has 1 aliphatic carbocycles. The Morgan fingerprint density at radius 3 is 2.95 bits per heavy atom. The maximum atomic E-state index is 5.97. The number of hydrogen-bond donors (Lipinski definition) is 1. The van der Waals surface area contributed by atoms with Gasteiger partial charge in [-0.2, -0.15) is 0 Å². The van der Waals surface area contributed by atoms with Crippen LogP contribution in [0.3, 0.4) is 0 Å². The Bertz CT molecular complexity index is 555. The monoisotopic (exact) mass is 256 g/mol. The maximum absolute atomic E-state index is 5.97. The first kappa shape index (κ1) is 12.6. The van der Waals surface area contributed by atoms with Crippen LogP contribution >= 0.6 is 0 Å². The number of rotatable bonds is 3. The van der Waals surface area contributed by atoms with Crippen molar-refractivity contribution in [3.8, 4) is 0 Å². The van der Waals surface area contributed by atoms with Crippen molar-refractivity contribution in [1.29, 1.82) is 0 Å². The lowest BCUT2D eigenvalue weighted by Crippen LogP contribution is -2.32. The number of pyridine rings is 1. The number of ether oxygens (including phenoxy) is 1. The molecule has 1 fully saturated rings. The van der Waals surface area contributed by atoms with Crippen molar-refractivity contribution in [2.75, 3.05) is 0 Å². The number of para-hydroxylation sites is 1. The Hall–Kier alpha value is -1.45. The molecule has 0 aliphatic heterocycles. The first-order valence-corrected chi connectivity index (χ1v) is 7.03. The van der Waals surface area contributed by atoms with Crippen LogP contribution in [0, 0.1) is 0 Å². The Kier molecular flexibility index (Phi) is 3.76. The zero-order chi connectivity index (χ0) is 13.1. The van der Waals surface area contributed by atoms with Gasteiger partial charge in [-0.15, -0.1) is 0 Å². The van der Waals surface area contributed by atoms with E-state index < -0.39 is 0 Å². The van der Waals surface area contributed by atoms with E-state index in [1.54, 1.807) is 0 Å². The molecule has 2 atom stereocenters. The molecule has 3 heteroatoms. The molecule has 1 aromatic heterocycles. The molecule has 2 N–H and O–H groups in total. The van der Waals surface area contributed by atoms with E-state index in [1.807, 2.05) is 24.3 Å². The van der Waals surface area contributed by atoms with E-state index in [-0.39, 0.29) is 0 Å². The van der Waals surface area contributed by atoms with Gasteiger partial charge in [0, 0.05) is 11.4 Å². The lowest BCUT2D eigenvalue weighted by Gasteiger charge is -2.26. The highest BCUT2D eigenvalue weighted by molar-refractivity contribution is 5.78. The topological polar surface area (TPSA) is 48.1 Å². The molecule has 0 amide bonds. The zero-order valence-corrected chi connectivity index (χ0v) is 11.1. The first-order chi connectivity index (χ1) is 9.31. The molecular formula is C16H20N2O. The average molecular weight is 256 g/mol. The van der Waals surface area contributed by atoms with Crippen molar-refractivity contribution in [2.24, 2.45) is 5.73 Å². The minimum atomic E-state index is 0.303. The number of benzene rings is 1. The summed E-state index contributed by atoms with van der Waals surface area (Å²) in [5.74, 6) is 0. The van der Waals surface area contributed by atoms with Crippen molar-refractivity contribution in [3.63, 3.8) is 0 Å². The lowest BCUT2D eigenvalue weighted by atomic mass is 9.93. The van der Waals surface area contributed by atoms with Crippen LogP contribution in [-0.2, 0) is 11.3 Å². The summed E-state index contributed by atoms with van der Waals surface area (Å²) in [5, 5.41) is 1.17. The SMILES string of the molecule is NC1CCCC(OCc2ccc3ccccc3n2)C1. The molecule has 0 spiro atoms. The van der Waals surface area contributed by atoms with E-state index in [0.29, 0.717) is 18.8 Å². The largest absolute Gasteiger partial charge is 0.372 e. The molecule has 0 saturated heterocycles. The van der Waals surface area contributed by atoms with Gasteiger partial charge < -0.3 is 10.5 Å².